The summed E-state index contributed by atoms with van der Waals surface area (Å²) in [5.74, 6) is -0.110. The summed E-state index contributed by atoms with van der Waals surface area (Å²) in [6.45, 7) is 1.75. The van der Waals surface area contributed by atoms with Crippen LogP contribution in [0, 0.1) is 0 Å². The van der Waals surface area contributed by atoms with Gasteiger partial charge in [-0.3, -0.25) is 4.79 Å². The standard InChI is InChI=1S/C11H20N2O2/c1-9(8-14)13(11(15)7-12)10-5-3-2-4-6-10/h8-10H,2-7,12H2,1H3/t9-/m0/s1. The highest BCUT2D eigenvalue weighted by atomic mass is 16.2. The van der Waals surface area contributed by atoms with Gasteiger partial charge >= 0.3 is 0 Å². The van der Waals surface area contributed by atoms with Crippen molar-refractivity contribution in [1.29, 1.82) is 0 Å². The van der Waals surface area contributed by atoms with Gasteiger partial charge in [-0.2, -0.15) is 0 Å². The Hall–Kier alpha value is -0.900. The zero-order valence-corrected chi connectivity index (χ0v) is 9.32. The molecule has 4 heteroatoms. The Kier molecular flexibility index (Phi) is 4.75. The van der Waals surface area contributed by atoms with Crippen LogP contribution in [0.15, 0.2) is 0 Å². The molecular formula is C11H20N2O2. The summed E-state index contributed by atoms with van der Waals surface area (Å²) in [5, 5.41) is 0. The maximum Gasteiger partial charge on any atom is 0.237 e. The van der Waals surface area contributed by atoms with E-state index in [-0.39, 0.29) is 24.5 Å². The molecular weight excluding hydrogens is 192 g/mol. The fourth-order valence-corrected chi connectivity index (χ4v) is 2.29. The second kappa shape index (κ2) is 5.85. The number of carbonyl (C=O) groups excluding carboxylic acids is 2. The molecule has 0 heterocycles. The van der Waals surface area contributed by atoms with E-state index in [0.29, 0.717) is 0 Å². The Bertz CT molecular complexity index is 225. The van der Waals surface area contributed by atoms with Crippen LogP contribution in [0.5, 0.6) is 0 Å². The fraction of sp³-hybridized carbons (Fsp3) is 0.818. The minimum absolute atomic E-state index is 0.00528. The summed E-state index contributed by atoms with van der Waals surface area (Å²) in [4.78, 5) is 24.1. The maximum absolute atomic E-state index is 11.7. The highest BCUT2D eigenvalue weighted by Crippen LogP contribution is 2.23. The van der Waals surface area contributed by atoms with Crippen molar-refractivity contribution in [3.05, 3.63) is 0 Å². The van der Waals surface area contributed by atoms with Crippen molar-refractivity contribution in [3.8, 4) is 0 Å². The number of nitrogens with zero attached hydrogens (tertiary/aromatic N) is 1. The summed E-state index contributed by atoms with van der Waals surface area (Å²) in [6.07, 6.45) is 6.35. The summed E-state index contributed by atoms with van der Waals surface area (Å²) in [7, 11) is 0. The number of nitrogens with two attached hydrogens (primary N) is 1. The van der Waals surface area contributed by atoms with Crippen molar-refractivity contribution in [2.24, 2.45) is 5.73 Å². The molecule has 86 valence electrons. The maximum atomic E-state index is 11.7. The molecule has 1 aliphatic rings. The number of rotatable bonds is 4. The number of hydrogen-bond acceptors (Lipinski definition) is 3. The van der Waals surface area contributed by atoms with Gasteiger partial charge < -0.3 is 15.4 Å². The van der Waals surface area contributed by atoms with Crippen molar-refractivity contribution in [2.45, 2.75) is 51.1 Å². The van der Waals surface area contributed by atoms with Gasteiger partial charge in [-0.05, 0) is 19.8 Å². The first-order valence-electron chi connectivity index (χ1n) is 5.67. The lowest BCUT2D eigenvalue weighted by Gasteiger charge is -2.36. The van der Waals surface area contributed by atoms with E-state index in [1.54, 1.807) is 11.8 Å². The minimum atomic E-state index is -0.343. The molecule has 0 aromatic heterocycles. The Morgan fingerprint density at radius 1 is 1.47 bits per heavy atom. The van der Waals surface area contributed by atoms with Crippen molar-refractivity contribution in [2.75, 3.05) is 6.54 Å². The lowest BCUT2D eigenvalue weighted by molar-refractivity contribution is -0.138. The molecule has 1 aliphatic carbocycles. The quantitative estimate of drug-likeness (QED) is 0.697. The SMILES string of the molecule is C[C@@H](C=O)N(C(=O)CN)C1CCCCC1. The van der Waals surface area contributed by atoms with Gasteiger partial charge in [0.25, 0.3) is 0 Å². The highest BCUT2D eigenvalue weighted by molar-refractivity contribution is 5.81. The van der Waals surface area contributed by atoms with E-state index in [1.807, 2.05) is 0 Å². The smallest absolute Gasteiger partial charge is 0.237 e. The monoisotopic (exact) mass is 212 g/mol. The van der Waals surface area contributed by atoms with E-state index in [4.69, 9.17) is 5.73 Å². The molecule has 0 bridgehead atoms. The van der Waals surface area contributed by atoms with Gasteiger partial charge in [-0.25, -0.2) is 0 Å². The largest absolute Gasteiger partial charge is 0.329 e. The van der Waals surface area contributed by atoms with Crippen LogP contribution in [0.4, 0.5) is 0 Å². The molecule has 0 aromatic carbocycles. The first-order valence-corrected chi connectivity index (χ1v) is 5.67. The zero-order chi connectivity index (χ0) is 11.3. The van der Waals surface area contributed by atoms with Crippen LogP contribution in [0.25, 0.3) is 0 Å². The van der Waals surface area contributed by atoms with E-state index in [2.05, 4.69) is 0 Å². The summed E-state index contributed by atoms with van der Waals surface area (Å²) in [6, 6.07) is -0.126. The molecule has 0 aliphatic heterocycles. The second-order valence-electron chi connectivity index (χ2n) is 4.17. The van der Waals surface area contributed by atoms with Gasteiger partial charge in [-0.1, -0.05) is 19.3 Å². The minimum Gasteiger partial charge on any atom is -0.329 e. The van der Waals surface area contributed by atoms with E-state index < -0.39 is 0 Å². The number of aldehydes is 1. The van der Waals surface area contributed by atoms with Gasteiger partial charge in [-0.15, -0.1) is 0 Å². The van der Waals surface area contributed by atoms with Crippen LogP contribution in [0.1, 0.15) is 39.0 Å². The zero-order valence-electron chi connectivity index (χ0n) is 9.32. The molecule has 1 fully saturated rings. The van der Waals surface area contributed by atoms with Crippen molar-refractivity contribution < 1.29 is 9.59 Å². The number of carbonyl (C=O) groups is 2. The van der Waals surface area contributed by atoms with Crippen molar-refractivity contribution in [1.82, 2.24) is 4.90 Å². The van der Waals surface area contributed by atoms with E-state index >= 15 is 0 Å². The Morgan fingerprint density at radius 2 is 2.07 bits per heavy atom. The van der Waals surface area contributed by atoms with E-state index in [0.717, 1.165) is 32.0 Å². The van der Waals surface area contributed by atoms with Crippen LogP contribution in [-0.2, 0) is 9.59 Å². The van der Waals surface area contributed by atoms with Crippen LogP contribution in [0.3, 0.4) is 0 Å². The molecule has 1 atom stereocenters. The molecule has 0 saturated heterocycles. The lowest BCUT2D eigenvalue weighted by Crippen LogP contribution is -2.49. The van der Waals surface area contributed by atoms with Gasteiger partial charge in [0.2, 0.25) is 5.91 Å². The van der Waals surface area contributed by atoms with Gasteiger partial charge in [0.05, 0.1) is 12.6 Å². The predicted octanol–water partition coefficient (Wildman–Crippen LogP) is 0.694. The third-order valence-electron chi connectivity index (χ3n) is 3.07. The normalized spacial score (nSPS) is 19.6. The van der Waals surface area contributed by atoms with Crippen LogP contribution >= 0.6 is 0 Å². The molecule has 1 saturated carbocycles. The van der Waals surface area contributed by atoms with Gasteiger partial charge in [0.1, 0.15) is 6.29 Å². The van der Waals surface area contributed by atoms with Crippen LogP contribution in [-0.4, -0.2) is 35.7 Å². The van der Waals surface area contributed by atoms with Gasteiger partial charge in [0, 0.05) is 6.04 Å². The van der Waals surface area contributed by atoms with Gasteiger partial charge in [0.15, 0.2) is 0 Å². The summed E-state index contributed by atoms with van der Waals surface area (Å²) < 4.78 is 0. The molecule has 0 aromatic rings. The number of amides is 1. The molecule has 2 N–H and O–H groups in total. The highest BCUT2D eigenvalue weighted by Gasteiger charge is 2.28. The summed E-state index contributed by atoms with van der Waals surface area (Å²) >= 11 is 0. The Balaban J connectivity index is 2.69. The van der Waals surface area contributed by atoms with Crippen molar-refractivity contribution >= 4 is 12.2 Å². The second-order valence-corrected chi connectivity index (χ2v) is 4.17. The Labute approximate surface area is 90.8 Å². The molecule has 0 unspecified atom stereocenters. The van der Waals surface area contributed by atoms with Crippen LogP contribution < -0.4 is 5.73 Å². The third-order valence-corrected chi connectivity index (χ3v) is 3.07. The Morgan fingerprint density at radius 3 is 2.53 bits per heavy atom. The fourth-order valence-electron chi connectivity index (χ4n) is 2.29. The van der Waals surface area contributed by atoms with Crippen LogP contribution in [0.2, 0.25) is 0 Å². The number of hydrogen-bond donors (Lipinski definition) is 1. The van der Waals surface area contributed by atoms with E-state index in [1.165, 1.54) is 6.42 Å². The molecule has 1 rings (SSSR count). The topological polar surface area (TPSA) is 63.4 Å². The lowest BCUT2D eigenvalue weighted by atomic mass is 9.93. The molecule has 4 nitrogen and oxygen atoms in total. The first-order chi connectivity index (χ1) is 7.20. The van der Waals surface area contributed by atoms with Crippen molar-refractivity contribution in [3.63, 3.8) is 0 Å². The molecule has 0 radical (unpaired) electrons. The molecule has 15 heavy (non-hydrogen) atoms. The average Bonchev–Trinajstić information content (AvgIpc) is 2.30. The van der Waals surface area contributed by atoms with E-state index in [9.17, 15) is 9.59 Å². The average molecular weight is 212 g/mol. The third kappa shape index (κ3) is 3.02. The molecule has 1 amide bonds. The predicted molar refractivity (Wildman–Crippen MR) is 58.3 cm³/mol. The first kappa shape index (κ1) is 12.2. The molecule has 0 spiro atoms. The summed E-state index contributed by atoms with van der Waals surface area (Å²) in [5.41, 5.74) is 5.36.